The molecular weight excluding hydrogens is 230 g/mol. The molecule has 0 aliphatic carbocycles. The number of nitrogens with zero attached hydrogens (tertiary/aromatic N) is 1. The number of methoxy groups -OCH3 is 1. The smallest absolute Gasteiger partial charge is 0.290 e. The van der Waals surface area contributed by atoms with E-state index < -0.39 is 0 Å². The van der Waals surface area contributed by atoms with Crippen LogP contribution in [0.15, 0.2) is 29.3 Å². The quantitative estimate of drug-likeness (QED) is 0.849. The van der Waals surface area contributed by atoms with Crippen LogP contribution in [0.25, 0.3) is 0 Å². The third kappa shape index (κ3) is 3.23. The summed E-state index contributed by atoms with van der Waals surface area (Å²) in [7, 11) is 1.61. The third-order valence-corrected chi connectivity index (χ3v) is 2.71. The highest BCUT2D eigenvalue weighted by molar-refractivity contribution is 6.42. The summed E-state index contributed by atoms with van der Waals surface area (Å²) in [4.78, 5) is 16.2. The molecule has 0 aromatic heterocycles. The minimum absolute atomic E-state index is 0.193. The molecule has 0 unspecified atom stereocenters. The number of hydrogen-bond donors (Lipinski definition) is 2. The van der Waals surface area contributed by atoms with Crippen molar-refractivity contribution in [2.24, 2.45) is 4.99 Å². The zero-order valence-corrected chi connectivity index (χ0v) is 10.4. The lowest BCUT2D eigenvalue weighted by Crippen LogP contribution is -2.35. The maximum absolute atomic E-state index is 11.9. The van der Waals surface area contributed by atoms with E-state index in [0.29, 0.717) is 12.4 Å². The van der Waals surface area contributed by atoms with E-state index in [9.17, 15) is 4.79 Å². The number of ether oxygens (including phenoxy) is 1. The Balaban J connectivity index is 1.99. The van der Waals surface area contributed by atoms with Crippen molar-refractivity contribution in [3.8, 4) is 5.75 Å². The Labute approximate surface area is 106 Å². The molecule has 1 heterocycles. The Kier molecular flexibility index (Phi) is 4.17. The lowest BCUT2D eigenvalue weighted by molar-refractivity contribution is -0.110. The van der Waals surface area contributed by atoms with Crippen molar-refractivity contribution in [3.63, 3.8) is 0 Å². The molecule has 0 spiro atoms. The van der Waals surface area contributed by atoms with E-state index in [2.05, 4.69) is 15.6 Å². The molecule has 5 heteroatoms. The number of nitrogens with one attached hydrogen (secondary N) is 2. The largest absolute Gasteiger partial charge is 0.497 e. The molecule has 1 aromatic carbocycles. The van der Waals surface area contributed by atoms with E-state index in [0.717, 1.165) is 30.8 Å². The van der Waals surface area contributed by atoms with Crippen LogP contribution in [0.4, 0.5) is 5.69 Å². The van der Waals surface area contributed by atoms with Gasteiger partial charge in [-0.1, -0.05) is 0 Å². The van der Waals surface area contributed by atoms with Gasteiger partial charge >= 0.3 is 0 Å². The van der Waals surface area contributed by atoms with Gasteiger partial charge in [-0.25, -0.2) is 0 Å². The summed E-state index contributed by atoms with van der Waals surface area (Å²) in [5.41, 5.74) is 0.731. The van der Waals surface area contributed by atoms with E-state index in [1.165, 1.54) is 0 Å². The second kappa shape index (κ2) is 6.05. The SMILES string of the molecule is COc1ccc(NC(=O)C2=NCCCCN2)cc1. The zero-order valence-electron chi connectivity index (χ0n) is 10.4. The second-order valence-electron chi connectivity index (χ2n) is 4.05. The first kappa shape index (κ1) is 12.4. The number of hydrogen-bond acceptors (Lipinski definition) is 4. The van der Waals surface area contributed by atoms with Crippen molar-refractivity contribution in [2.45, 2.75) is 12.8 Å². The Bertz CT molecular complexity index is 440. The number of anilines is 1. The van der Waals surface area contributed by atoms with Gasteiger partial charge in [0.1, 0.15) is 5.75 Å². The molecule has 18 heavy (non-hydrogen) atoms. The first-order valence-electron chi connectivity index (χ1n) is 6.03. The molecular formula is C13H17N3O2. The summed E-state index contributed by atoms with van der Waals surface area (Å²) in [5, 5.41) is 5.84. The molecule has 1 aromatic rings. The number of rotatable bonds is 3. The molecule has 0 saturated carbocycles. The monoisotopic (exact) mass is 247 g/mol. The van der Waals surface area contributed by atoms with Crippen LogP contribution in [0.5, 0.6) is 5.75 Å². The van der Waals surface area contributed by atoms with Crippen LogP contribution in [0, 0.1) is 0 Å². The molecule has 1 amide bonds. The highest BCUT2D eigenvalue weighted by atomic mass is 16.5. The van der Waals surface area contributed by atoms with Gasteiger partial charge in [-0.05, 0) is 37.1 Å². The predicted molar refractivity (Wildman–Crippen MR) is 71.2 cm³/mol. The molecule has 0 fully saturated rings. The molecule has 96 valence electrons. The van der Waals surface area contributed by atoms with E-state index in [4.69, 9.17) is 4.74 Å². The number of amides is 1. The topological polar surface area (TPSA) is 62.7 Å². The van der Waals surface area contributed by atoms with Gasteiger partial charge in [-0.2, -0.15) is 0 Å². The standard InChI is InChI=1S/C13H17N3O2/c1-18-11-6-4-10(5-7-11)16-13(17)12-14-8-2-3-9-15-12/h4-7H,2-3,8-9H2,1H3,(H,14,15)(H,16,17). The number of amidine groups is 1. The first-order chi connectivity index (χ1) is 8.79. The Morgan fingerprint density at radius 2 is 2.11 bits per heavy atom. The van der Waals surface area contributed by atoms with Crippen LogP contribution < -0.4 is 15.4 Å². The fourth-order valence-electron chi connectivity index (χ4n) is 1.71. The fourth-order valence-corrected chi connectivity index (χ4v) is 1.71. The van der Waals surface area contributed by atoms with Gasteiger partial charge in [0.2, 0.25) is 0 Å². The molecule has 0 atom stereocenters. The molecule has 0 saturated heterocycles. The maximum Gasteiger partial charge on any atom is 0.290 e. The van der Waals surface area contributed by atoms with Crippen molar-refractivity contribution in [1.29, 1.82) is 0 Å². The van der Waals surface area contributed by atoms with Crippen LogP contribution in [-0.4, -0.2) is 31.9 Å². The van der Waals surface area contributed by atoms with Gasteiger partial charge < -0.3 is 15.4 Å². The number of carbonyl (C=O) groups is 1. The van der Waals surface area contributed by atoms with Gasteiger partial charge in [0.15, 0.2) is 5.84 Å². The van der Waals surface area contributed by atoms with E-state index >= 15 is 0 Å². The summed E-state index contributed by atoms with van der Waals surface area (Å²) in [6, 6.07) is 7.21. The second-order valence-corrected chi connectivity index (χ2v) is 4.05. The van der Waals surface area contributed by atoms with E-state index in [1.807, 2.05) is 0 Å². The van der Waals surface area contributed by atoms with Crippen molar-refractivity contribution < 1.29 is 9.53 Å². The fraction of sp³-hybridized carbons (Fsp3) is 0.385. The normalized spacial score (nSPS) is 15.1. The zero-order chi connectivity index (χ0) is 12.8. The predicted octanol–water partition coefficient (Wildman–Crippen LogP) is 1.42. The molecule has 0 radical (unpaired) electrons. The summed E-state index contributed by atoms with van der Waals surface area (Å²) in [6.07, 6.45) is 2.06. The Morgan fingerprint density at radius 3 is 2.83 bits per heavy atom. The highest BCUT2D eigenvalue weighted by Crippen LogP contribution is 2.14. The van der Waals surface area contributed by atoms with Crippen molar-refractivity contribution in [3.05, 3.63) is 24.3 Å². The molecule has 2 rings (SSSR count). The van der Waals surface area contributed by atoms with E-state index in [1.54, 1.807) is 31.4 Å². The lowest BCUT2D eigenvalue weighted by atomic mass is 10.3. The summed E-state index contributed by atoms with van der Waals surface area (Å²) < 4.78 is 5.06. The minimum Gasteiger partial charge on any atom is -0.497 e. The molecule has 2 N–H and O–H groups in total. The average molecular weight is 247 g/mol. The van der Waals surface area contributed by atoms with Crippen LogP contribution in [0.1, 0.15) is 12.8 Å². The molecule has 1 aliphatic rings. The van der Waals surface area contributed by atoms with Crippen molar-refractivity contribution in [2.75, 3.05) is 25.5 Å². The van der Waals surface area contributed by atoms with Crippen LogP contribution >= 0.6 is 0 Å². The first-order valence-corrected chi connectivity index (χ1v) is 6.03. The molecule has 0 bridgehead atoms. The summed E-state index contributed by atoms with van der Waals surface area (Å²) in [5.74, 6) is 0.989. The maximum atomic E-state index is 11.9. The lowest BCUT2D eigenvalue weighted by Gasteiger charge is -2.08. The van der Waals surface area contributed by atoms with Gasteiger partial charge in [0.05, 0.1) is 7.11 Å². The van der Waals surface area contributed by atoms with Crippen molar-refractivity contribution >= 4 is 17.4 Å². The summed E-state index contributed by atoms with van der Waals surface area (Å²) >= 11 is 0. The Morgan fingerprint density at radius 1 is 1.33 bits per heavy atom. The number of carbonyl (C=O) groups excluding carboxylic acids is 1. The van der Waals surface area contributed by atoms with Crippen LogP contribution in [0.3, 0.4) is 0 Å². The minimum atomic E-state index is -0.193. The van der Waals surface area contributed by atoms with Crippen LogP contribution in [-0.2, 0) is 4.79 Å². The third-order valence-electron chi connectivity index (χ3n) is 2.71. The van der Waals surface area contributed by atoms with Gasteiger partial charge in [0, 0.05) is 18.8 Å². The highest BCUT2D eigenvalue weighted by Gasteiger charge is 2.12. The number of benzene rings is 1. The van der Waals surface area contributed by atoms with Gasteiger partial charge in [0.25, 0.3) is 5.91 Å². The average Bonchev–Trinajstić information content (AvgIpc) is 2.68. The van der Waals surface area contributed by atoms with E-state index in [-0.39, 0.29) is 5.91 Å². The molecule has 5 nitrogen and oxygen atoms in total. The van der Waals surface area contributed by atoms with Gasteiger partial charge in [-0.3, -0.25) is 9.79 Å². The molecule has 1 aliphatic heterocycles. The van der Waals surface area contributed by atoms with Gasteiger partial charge in [-0.15, -0.1) is 0 Å². The van der Waals surface area contributed by atoms with Crippen molar-refractivity contribution in [1.82, 2.24) is 5.32 Å². The number of aliphatic imine (C=N–C) groups is 1. The summed E-state index contributed by atoms with van der Waals surface area (Å²) in [6.45, 7) is 1.51. The van der Waals surface area contributed by atoms with Crippen LogP contribution in [0.2, 0.25) is 0 Å². The Hall–Kier alpha value is -2.04.